The van der Waals surface area contributed by atoms with Crippen LogP contribution in [0.1, 0.15) is 52.0 Å². The van der Waals surface area contributed by atoms with Crippen molar-refractivity contribution in [2.75, 3.05) is 18.9 Å². The van der Waals surface area contributed by atoms with Gasteiger partial charge >= 0.3 is 7.12 Å². The van der Waals surface area contributed by atoms with E-state index in [0.717, 1.165) is 42.8 Å². The zero-order chi connectivity index (χ0) is 16.0. The lowest BCUT2D eigenvalue weighted by Crippen LogP contribution is -2.41. The Morgan fingerprint density at radius 2 is 1.82 bits per heavy atom. The molecule has 2 N–H and O–H groups in total. The molecule has 2 heterocycles. The summed E-state index contributed by atoms with van der Waals surface area (Å²) in [5.41, 5.74) is 8.56. The van der Waals surface area contributed by atoms with E-state index in [1.807, 2.05) is 12.1 Å². The van der Waals surface area contributed by atoms with Gasteiger partial charge in [-0.1, -0.05) is 12.1 Å². The van der Waals surface area contributed by atoms with E-state index in [1.165, 1.54) is 0 Å². The monoisotopic (exact) mass is 303 g/mol. The summed E-state index contributed by atoms with van der Waals surface area (Å²) < 4.78 is 17.9. The summed E-state index contributed by atoms with van der Waals surface area (Å²) in [6.07, 6.45) is 2.21. The lowest BCUT2D eigenvalue weighted by atomic mass is 9.76. The Balaban J connectivity index is 1.87. The molecule has 2 saturated heterocycles. The first-order valence-electron chi connectivity index (χ1n) is 8.13. The summed E-state index contributed by atoms with van der Waals surface area (Å²) in [5.74, 6) is 0.371. The molecule has 1 aromatic rings. The van der Waals surface area contributed by atoms with Gasteiger partial charge in [-0.2, -0.15) is 0 Å². The van der Waals surface area contributed by atoms with E-state index in [4.69, 9.17) is 19.8 Å². The van der Waals surface area contributed by atoms with E-state index < -0.39 is 0 Å². The molecule has 2 aliphatic rings. The van der Waals surface area contributed by atoms with Crippen LogP contribution >= 0.6 is 0 Å². The van der Waals surface area contributed by atoms with E-state index in [1.54, 1.807) is 0 Å². The van der Waals surface area contributed by atoms with Crippen LogP contribution in [0.4, 0.5) is 5.69 Å². The zero-order valence-corrected chi connectivity index (χ0v) is 14.0. The molecule has 1 aromatic carbocycles. The third-order valence-corrected chi connectivity index (χ3v) is 5.24. The summed E-state index contributed by atoms with van der Waals surface area (Å²) >= 11 is 0. The highest BCUT2D eigenvalue weighted by Crippen LogP contribution is 2.37. The number of rotatable bonds is 2. The molecular weight excluding hydrogens is 277 g/mol. The SMILES string of the molecule is CC1(C)OB(c2ccc(N)c(C3CCCOC3)c2)OC1(C)C. The van der Waals surface area contributed by atoms with Gasteiger partial charge in [-0.15, -0.1) is 0 Å². The normalized spacial score (nSPS) is 27.1. The average Bonchev–Trinajstić information content (AvgIpc) is 2.69. The maximum Gasteiger partial charge on any atom is 0.494 e. The molecule has 0 spiro atoms. The molecule has 2 fully saturated rings. The molecule has 0 aromatic heterocycles. The fourth-order valence-corrected chi connectivity index (χ4v) is 3.06. The van der Waals surface area contributed by atoms with Crippen LogP contribution in [0.5, 0.6) is 0 Å². The second-order valence-corrected chi connectivity index (χ2v) is 7.39. The number of nitrogens with two attached hydrogens (primary N) is 1. The summed E-state index contributed by atoms with van der Waals surface area (Å²) in [4.78, 5) is 0. The van der Waals surface area contributed by atoms with Crippen molar-refractivity contribution in [3.63, 3.8) is 0 Å². The third-order valence-electron chi connectivity index (χ3n) is 5.24. The smallest absolute Gasteiger partial charge is 0.399 e. The number of hydrogen-bond donors (Lipinski definition) is 1. The Kier molecular flexibility index (Phi) is 4.00. The van der Waals surface area contributed by atoms with Crippen LogP contribution in [0.2, 0.25) is 0 Å². The zero-order valence-electron chi connectivity index (χ0n) is 14.0. The third kappa shape index (κ3) is 2.77. The maximum absolute atomic E-state index is 6.19. The highest BCUT2D eigenvalue weighted by atomic mass is 16.7. The van der Waals surface area contributed by atoms with Crippen LogP contribution in [0.15, 0.2) is 18.2 Å². The van der Waals surface area contributed by atoms with Gasteiger partial charge in [0.15, 0.2) is 0 Å². The second kappa shape index (κ2) is 5.55. The number of anilines is 1. The molecule has 2 aliphatic heterocycles. The van der Waals surface area contributed by atoms with E-state index >= 15 is 0 Å². The van der Waals surface area contributed by atoms with Gasteiger partial charge in [-0.25, -0.2) is 0 Å². The van der Waals surface area contributed by atoms with Crippen molar-refractivity contribution >= 4 is 18.3 Å². The minimum Gasteiger partial charge on any atom is -0.399 e. The molecule has 120 valence electrons. The first-order chi connectivity index (χ1) is 10.3. The summed E-state index contributed by atoms with van der Waals surface area (Å²) in [7, 11) is -0.339. The van der Waals surface area contributed by atoms with Gasteiger partial charge in [-0.05, 0) is 57.6 Å². The topological polar surface area (TPSA) is 53.7 Å². The Morgan fingerprint density at radius 3 is 2.41 bits per heavy atom. The predicted octanol–water partition coefficient (Wildman–Crippen LogP) is 2.46. The second-order valence-electron chi connectivity index (χ2n) is 7.39. The molecule has 22 heavy (non-hydrogen) atoms. The molecule has 0 amide bonds. The van der Waals surface area contributed by atoms with E-state index in [-0.39, 0.29) is 18.3 Å². The molecule has 1 unspecified atom stereocenters. The van der Waals surface area contributed by atoms with Crippen LogP contribution < -0.4 is 11.2 Å². The molecule has 4 nitrogen and oxygen atoms in total. The standard InChI is InChI=1S/C17H26BNO3/c1-16(2)17(3,4)22-18(21-16)13-7-8-15(19)14(10-13)12-6-5-9-20-11-12/h7-8,10,12H,5-6,9,11,19H2,1-4H3. The van der Waals surface area contributed by atoms with Crippen molar-refractivity contribution in [3.8, 4) is 0 Å². The Labute approximate surface area is 133 Å². The molecule has 1 atom stereocenters. The molecular formula is C17H26BNO3. The van der Waals surface area contributed by atoms with Crippen molar-refractivity contribution < 1.29 is 14.0 Å². The van der Waals surface area contributed by atoms with Crippen molar-refractivity contribution in [2.24, 2.45) is 0 Å². The number of ether oxygens (including phenoxy) is 1. The minimum absolute atomic E-state index is 0.326. The van der Waals surface area contributed by atoms with Gasteiger partial charge in [-0.3, -0.25) is 0 Å². The fourth-order valence-electron chi connectivity index (χ4n) is 3.06. The number of nitrogen functional groups attached to an aromatic ring is 1. The van der Waals surface area contributed by atoms with Crippen LogP contribution in [0.3, 0.4) is 0 Å². The molecule has 5 heteroatoms. The highest BCUT2D eigenvalue weighted by molar-refractivity contribution is 6.62. The van der Waals surface area contributed by atoms with Gasteiger partial charge in [0.25, 0.3) is 0 Å². The summed E-state index contributed by atoms with van der Waals surface area (Å²) in [6, 6.07) is 6.10. The Bertz CT molecular complexity index is 537. The largest absolute Gasteiger partial charge is 0.494 e. The van der Waals surface area contributed by atoms with E-state index in [2.05, 4.69) is 33.8 Å². The lowest BCUT2D eigenvalue weighted by molar-refractivity contribution is 0.00578. The van der Waals surface area contributed by atoms with E-state index in [0.29, 0.717) is 5.92 Å². The van der Waals surface area contributed by atoms with E-state index in [9.17, 15) is 0 Å². The predicted molar refractivity (Wildman–Crippen MR) is 89.4 cm³/mol. The number of hydrogen-bond acceptors (Lipinski definition) is 4. The number of benzene rings is 1. The Morgan fingerprint density at radius 1 is 1.14 bits per heavy atom. The van der Waals surface area contributed by atoms with Gasteiger partial charge in [0.05, 0.1) is 17.8 Å². The van der Waals surface area contributed by atoms with Crippen LogP contribution in [0.25, 0.3) is 0 Å². The average molecular weight is 303 g/mol. The molecule has 0 aliphatic carbocycles. The van der Waals surface area contributed by atoms with Gasteiger partial charge < -0.3 is 19.8 Å². The highest BCUT2D eigenvalue weighted by Gasteiger charge is 2.51. The lowest BCUT2D eigenvalue weighted by Gasteiger charge is -2.32. The summed E-state index contributed by atoms with van der Waals surface area (Å²) in [6.45, 7) is 9.88. The van der Waals surface area contributed by atoms with Crippen molar-refractivity contribution in [2.45, 2.75) is 57.7 Å². The van der Waals surface area contributed by atoms with Crippen LogP contribution in [0, 0.1) is 0 Å². The molecule has 3 rings (SSSR count). The molecule has 0 radical (unpaired) electrons. The van der Waals surface area contributed by atoms with Crippen molar-refractivity contribution in [1.29, 1.82) is 0 Å². The van der Waals surface area contributed by atoms with Crippen molar-refractivity contribution in [3.05, 3.63) is 23.8 Å². The van der Waals surface area contributed by atoms with Crippen LogP contribution in [-0.2, 0) is 14.0 Å². The summed E-state index contributed by atoms with van der Waals surface area (Å²) in [5, 5.41) is 0. The Hall–Kier alpha value is -1.04. The fraction of sp³-hybridized carbons (Fsp3) is 0.647. The van der Waals surface area contributed by atoms with Crippen molar-refractivity contribution in [1.82, 2.24) is 0 Å². The van der Waals surface area contributed by atoms with Gasteiger partial charge in [0, 0.05) is 18.2 Å². The minimum atomic E-state index is -0.339. The maximum atomic E-state index is 6.19. The first kappa shape index (κ1) is 15.8. The van der Waals surface area contributed by atoms with Gasteiger partial charge in [0.1, 0.15) is 0 Å². The van der Waals surface area contributed by atoms with Crippen LogP contribution in [-0.4, -0.2) is 31.5 Å². The quantitative estimate of drug-likeness (QED) is 0.673. The molecule has 0 bridgehead atoms. The van der Waals surface area contributed by atoms with Gasteiger partial charge in [0.2, 0.25) is 0 Å². The molecule has 0 saturated carbocycles. The first-order valence-corrected chi connectivity index (χ1v) is 8.13.